The summed E-state index contributed by atoms with van der Waals surface area (Å²) in [5.74, 6) is 0.691. The molecule has 1 N–H and O–H groups in total. The molecule has 3 aromatic heterocycles. The molecule has 0 unspecified atom stereocenters. The molecule has 3 aromatic rings. The Morgan fingerprint density at radius 2 is 1.95 bits per heavy atom. The number of thiophene rings is 1. The maximum Gasteiger partial charge on any atom is 0.266 e. The molecule has 0 aliphatic heterocycles. The molecule has 112 valence electrons. The zero-order valence-corrected chi connectivity index (χ0v) is 13.5. The van der Waals surface area contributed by atoms with Gasteiger partial charge in [0.2, 0.25) is 0 Å². The van der Waals surface area contributed by atoms with Gasteiger partial charge in [-0.25, -0.2) is 9.97 Å². The molecule has 22 heavy (non-hydrogen) atoms. The number of carbonyl (C=O) groups is 1. The SMILES string of the molecule is CCc1nc(C)c2c(C)c(C(=O)Nc3ccncc3)sc2n1. The lowest BCUT2D eigenvalue weighted by molar-refractivity contribution is 0.103. The van der Waals surface area contributed by atoms with E-state index in [0.29, 0.717) is 4.88 Å². The molecule has 3 rings (SSSR count). The van der Waals surface area contributed by atoms with Gasteiger partial charge in [0, 0.05) is 35.6 Å². The second-order valence-corrected chi connectivity index (χ2v) is 6.00. The molecule has 0 bridgehead atoms. The van der Waals surface area contributed by atoms with Gasteiger partial charge in [0.05, 0.1) is 4.88 Å². The number of hydrogen-bond acceptors (Lipinski definition) is 5. The molecule has 0 aliphatic carbocycles. The van der Waals surface area contributed by atoms with Crippen molar-refractivity contribution in [1.82, 2.24) is 15.0 Å². The van der Waals surface area contributed by atoms with Crippen LogP contribution in [0.1, 0.15) is 33.7 Å². The van der Waals surface area contributed by atoms with E-state index in [1.54, 1.807) is 24.5 Å². The van der Waals surface area contributed by atoms with Crippen molar-refractivity contribution < 1.29 is 4.79 Å². The molecule has 5 nitrogen and oxygen atoms in total. The lowest BCUT2D eigenvalue weighted by Crippen LogP contribution is -2.11. The molecular weight excluding hydrogens is 296 g/mol. The van der Waals surface area contributed by atoms with Gasteiger partial charge >= 0.3 is 0 Å². The molecule has 0 aliphatic rings. The van der Waals surface area contributed by atoms with E-state index in [2.05, 4.69) is 20.3 Å². The minimum absolute atomic E-state index is 0.121. The van der Waals surface area contributed by atoms with Gasteiger partial charge in [0.25, 0.3) is 5.91 Å². The Hall–Kier alpha value is -2.34. The maximum atomic E-state index is 12.5. The van der Waals surface area contributed by atoms with Crippen molar-refractivity contribution in [2.24, 2.45) is 0 Å². The van der Waals surface area contributed by atoms with Crippen LogP contribution in [0, 0.1) is 13.8 Å². The van der Waals surface area contributed by atoms with Crippen LogP contribution < -0.4 is 5.32 Å². The number of pyridine rings is 1. The first-order chi connectivity index (χ1) is 10.6. The van der Waals surface area contributed by atoms with Gasteiger partial charge < -0.3 is 5.32 Å². The fourth-order valence-electron chi connectivity index (χ4n) is 2.39. The van der Waals surface area contributed by atoms with E-state index in [1.807, 2.05) is 20.8 Å². The highest BCUT2D eigenvalue weighted by atomic mass is 32.1. The highest BCUT2D eigenvalue weighted by molar-refractivity contribution is 7.20. The summed E-state index contributed by atoms with van der Waals surface area (Å²) < 4.78 is 0. The fourth-order valence-corrected chi connectivity index (χ4v) is 3.54. The molecule has 1 amide bonds. The van der Waals surface area contributed by atoms with E-state index < -0.39 is 0 Å². The van der Waals surface area contributed by atoms with Crippen molar-refractivity contribution in [2.45, 2.75) is 27.2 Å². The molecule has 0 spiro atoms. The number of amides is 1. The van der Waals surface area contributed by atoms with E-state index in [9.17, 15) is 4.79 Å². The second kappa shape index (κ2) is 5.81. The Kier molecular flexibility index (Phi) is 3.85. The van der Waals surface area contributed by atoms with Gasteiger partial charge in [0.15, 0.2) is 0 Å². The molecule has 0 saturated carbocycles. The van der Waals surface area contributed by atoms with Crippen molar-refractivity contribution in [2.75, 3.05) is 5.32 Å². The molecule has 6 heteroatoms. The van der Waals surface area contributed by atoms with Crippen LogP contribution in [0.5, 0.6) is 0 Å². The summed E-state index contributed by atoms with van der Waals surface area (Å²) in [6.07, 6.45) is 4.08. The first-order valence-electron chi connectivity index (χ1n) is 7.08. The van der Waals surface area contributed by atoms with Crippen molar-refractivity contribution in [3.63, 3.8) is 0 Å². The number of carbonyl (C=O) groups excluding carboxylic acids is 1. The van der Waals surface area contributed by atoms with Crippen LogP contribution in [0.15, 0.2) is 24.5 Å². The molecule has 0 atom stereocenters. The summed E-state index contributed by atoms with van der Waals surface area (Å²) in [5.41, 5.74) is 2.60. The zero-order chi connectivity index (χ0) is 15.7. The number of nitrogens with one attached hydrogen (secondary N) is 1. The van der Waals surface area contributed by atoms with Gasteiger partial charge in [-0.2, -0.15) is 0 Å². The summed E-state index contributed by atoms with van der Waals surface area (Å²) in [6, 6.07) is 3.53. The van der Waals surface area contributed by atoms with Gasteiger partial charge in [-0.15, -0.1) is 11.3 Å². The average Bonchev–Trinajstić information content (AvgIpc) is 2.85. The first kappa shape index (κ1) is 14.6. The van der Waals surface area contributed by atoms with Gasteiger partial charge in [-0.3, -0.25) is 9.78 Å². The predicted octanol–water partition coefficient (Wildman–Crippen LogP) is 3.52. The number of aromatic nitrogens is 3. The predicted molar refractivity (Wildman–Crippen MR) is 88.5 cm³/mol. The molecule has 0 fully saturated rings. The third-order valence-corrected chi connectivity index (χ3v) is 4.66. The van der Waals surface area contributed by atoms with Gasteiger partial charge in [0.1, 0.15) is 10.7 Å². The van der Waals surface area contributed by atoms with E-state index >= 15 is 0 Å². The second-order valence-electron chi connectivity index (χ2n) is 5.01. The number of aryl methyl sites for hydroxylation is 3. The monoisotopic (exact) mass is 312 g/mol. The molecular formula is C16H16N4OS. The first-order valence-corrected chi connectivity index (χ1v) is 7.89. The van der Waals surface area contributed by atoms with Crippen molar-refractivity contribution in [3.05, 3.63) is 46.5 Å². The van der Waals surface area contributed by atoms with Crippen LogP contribution in [0.25, 0.3) is 10.2 Å². The fraction of sp³-hybridized carbons (Fsp3) is 0.250. The molecule has 0 aromatic carbocycles. The van der Waals surface area contributed by atoms with E-state index in [1.165, 1.54) is 11.3 Å². The van der Waals surface area contributed by atoms with Crippen LogP contribution in [-0.4, -0.2) is 20.9 Å². The Morgan fingerprint density at radius 3 is 2.64 bits per heavy atom. The summed E-state index contributed by atoms with van der Waals surface area (Å²) >= 11 is 1.42. The highest BCUT2D eigenvalue weighted by Gasteiger charge is 2.19. The Bertz CT molecular complexity index is 842. The minimum atomic E-state index is -0.121. The number of nitrogens with zero attached hydrogens (tertiary/aromatic N) is 3. The van der Waals surface area contributed by atoms with Crippen LogP contribution in [-0.2, 0) is 6.42 Å². The maximum absolute atomic E-state index is 12.5. The Morgan fingerprint density at radius 1 is 1.23 bits per heavy atom. The van der Waals surface area contributed by atoms with Crippen LogP contribution in [0.2, 0.25) is 0 Å². The lowest BCUT2D eigenvalue weighted by Gasteiger charge is -2.03. The zero-order valence-electron chi connectivity index (χ0n) is 12.7. The number of fused-ring (bicyclic) bond motifs is 1. The molecule has 0 radical (unpaired) electrons. The lowest BCUT2D eigenvalue weighted by atomic mass is 10.1. The molecule has 0 saturated heterocycles. The van der Waals surface area contributed by atoms with E-state index in [-0.39, 0.29) is 5.91 Å². The Labute approximate surface area is 132 Å². The highest BCUT2D eigenvalue weighted by Crippen LogP contribution is 2.31. The normalized spacial score (nSPS) is 10.9. The summed E-state index contributed by atoms with van der Waals surface area (Å²) in [4.78, 5) is 27.0. The van der Waals surface area contributed by atoms with Crippen molar-refractivity contribution >= 4 is 33.1 Å². The van der Waals surface area contributed by atoms with Crippen LogP contribution >= 0.6 is 11.3 Å². The standard InChI is InChI=1S/C16H16N4OS/c1-4-12-18-10(3)13-9(2)14(22-16(13)20-12)15(21)19-11-5-7-17-8-6-11/h5-8H,4H2,1-3H3,(H,17,19,21). The number of rotatable bonds is 3. The van der Waals surface area contributed by atoms with Crippen LogP contribution in [0.4, 0.5) is 5.69 Å². The minimum Gasteiger partial charge on any atom is -0.321 e. The largest absolute Gasteiger partial charge is 0.321 e. The topological polar surface area (TPSA) is 67.8 Å². The summed E-state index contributed by atoms with van der Waals surface area (Å²) in [5, 5.41) is 3.88. The average molecular weight is 312 g/mol. The number of hydrogen-bond donors (Lipinski definition) is 1. The summed E-state index contributed by atoms with van der Waals surface area (Å²) in [7, 11) is 0. The Balaban J connectivity index is 2.02. The summed E-state index contributed by atoms with van der Waals surface area (Å²) in [6.45, 7) is 5.94. The quantitative estimate of drug-likeness (QED) is 0.803. The number of anilines is 1. The van der Waals surface area contributed by atoms with E-state index in [0.717, 1.165) is 39.4 Å². The van der Waals surface area contributed by atoms with Crippen LogP contribution in [0.3, 0.4) is 0 Å². The third-order valence-electron chi connectivity index (χ3n) is 3.48. The van der Waals surface area contributed by atoms with Crippen molar-refractivity contribution in [1.29, 1.82) is 0 Å². The van der Waals surface area contributed by atoms with Crippen molar-refractivity contribution in [3.8, 4) is 0 Å². The van der Waals surface area contributed by atoms with Gasteiger partial charge in [-0.1, -0.05) is 6.92 Å². The third kappa shape index (κ3) is 2.57. The van der Waals surface area contributed by atoms with E-state index in [4.69, 9.17) is 0 Å². The molecule has 3 heterocycles. The smallest absolute Gasteiger partial charge is 0.266 e. The van der Waals surface area contributed by atoms with Gasteiger partial charge in [-0.05, 0) is 31.5 Å².